The zero-order chi connectivity index (χ0) is 12.1. The zero-order valence-corrected chi connectivity index (χ0v) is 9.35. The molecular formula is C12H13N5. The first-order valence-electron chi connectivity index (χ1n) is 5.46. The third-order valence-electron chi connectivity index (χ3n) is 2.46. The molecular weight excluding hydrogens is 214 g/mol. The molecule has 0 saturated carbocycles. The number of fused-ring (bicyclic) bond motifs is 1. The molecule has 0 atom stereocenters. The fourth-order valence-electron chi connectivity index (χ4n) is 1.63. The van der Waals surface area contributed by atoms with Crippen molar-refractivity contribution < 1.29 is 0 Å². The fraction of sp³-hybridized carbons (Fsp3) is 0.250. The number of nitrogens with two attached hydrogens (primary N) is 1. The Labute approximate surface area is 99.3 Å². The van der Waals surface area contributed by atoms with Gasteiger partial charge in [0.25, 0.3) is 0 Å². The van der Waals surface area contributed by atoms with E-state index in [0.717, 1.165) is 29.6 Å². The molecule has 5 heteroatoms. The first-order valence-corrected chi connectivity index (χ1v) is 5.46. The predicted molar refractivity (Wildman–Crippen MR) is 66.4 cm³/mol. The van der Waals surface area contributed by atoms with Crippen LogP contribution < -0.4 is 11.1 Å². The van der Waals surface area contributed by atoms with Gasteiger partial charge in [0.05, 0.1) is 11.2 Å². The minimum Gasteiger partial charge on any atom is -0.382 e. The number of nitrogens with one attached hydrogen (secondary N) is 1. The van der Waals surface area contributed by atoms with E-state index >= 15 is 0 Å². The summed E-state index contributed by atoms with van der Waals surface area (Å²) < 4.78 is 0. The van der Waals surface area contributed by atoms with Gasteiger partial charge in [-0.1, -0.05) is 18.2 Å². The molecule has 17 heavy (non-hydrogen) atoms. The van der Waals surface area contributed by atoms with Crippen LogP contribution in [0.1, 0.15) is 12.1 Å². The quantitative estimate of drug-likeness (QED) is 0.768. The first-order chi connectivity index (χ1) is 8.36. The van der Waals surface area contributed by atoms with Crippen LogP contribution in [0.5, 0.6) is 0 Å². The van der Waals surface area contributed by atoms with Crippen molar-refractivity contribution in [1.82, 2.24) is 10.2 Å². The minimum atomic E-state index is 0.320. The SMILES string of the molecule is N#Cc1nnc2ccccc2c1NCCCN. The Morgan fingerprint density at radius 2 is 2.12 bits per heavy atom. The van der Waals surface area contributed by atoms with E-state index in [1.165, 1.54) is 0 Å². The Bertz CT molecular complexity index is 558. The van der Waals surface area contributed by atoms with E-state index < -0.39 is 0 Å². The summed E-state index contributed by atoms with van der Waals surface area (Å²) >= 11 is 0. The molecule has 0 aliphatic heterocycles. The molecule has 2 aromatic rings. The molecule has 3 N–H and O–H groups in total. The molecule has 1 aromatic heterocycles. The van der Waals surface area contributed by atoms with Crippen molar-refractivity contribution in [2.45, 2.75) is 6.42 Å². The van der Waals surface area contributed by atoms with Crippen LogP contribution in [0.4, 0.5) is 5.69 Å². The maximum atomic E-state index is 9.02. The molecule has 0 amide bonds. The van der Waals surface area contributed by atoms with Gasteiger partial charge in [0.1, 0.15) is 6.07 Å². The van der Waals surface area contributed by atoms with Crippen LogP contribution in [0.25, 0.3) is 10.9 Å². The number of benzene rings is 1. The maximum Gasteiger partial charge on any atom is 0.186 e. The molecule has 0 saturated heterocycles. The Balaban J connectivity index is 2.45. The third-order valence-corrected chi connectivity index (χ3v) is 2.46. The number of hydrogen-bond donors (Lipinski definition) is 2. The Hall–Kier alpha value is -2.19. The van der Waals surface area contributed by atoms with E-state index in [1.807, 2.05) is 30.3 Å². The van der Waals surface area contributed by atoms with Crippen LogP contribution in [0.3, 0.4) is 0 Å². The number of nitriles is 1. The molecule has 0 aliphatic carbocycles. The van der Waals surface area contributed by atoms with Crippen molar-refractivity contribution in [1.29, 1.82) is 5.26 Å². The molecule has 0 radical (unpaired) electrons. The molecule has 0 fully saturated rings. The summed E-state index contributed by atoms with van der Waals surface area (Å²) in [7, 11) is 0. The van der Waals surface area contributed by atoms with E-state index in [0.29, 0.717) is 12.2 Å². The number of rotatable bonds is 4. The van der Waals surface area contributed by atoms with Gasteiger partial charge in [-0.25, -0.2) is 0 Å². The average Bonchev–Trinajstić information content (AvgIpc) is 2.39. The summed E-state index contributed by atoms with van der Waals surface area (Å²) in [5.41, 5.74) is 7.28. The average molecular weight is 227 g/mol. The van der Waals surface area contributed by atoms with Crippen LogP contribution >= 0.6 is 0 Å². The van der Waals surface area contributed by atoms with Crippen molar-refractivity contribution in [3.8, 4) is 6.07 Å². The topological polar surface area (TPSA) is 87.6 Å². The van der Waals surface area contributed by atoms with E-state index in [9.17, 15) is 0 Å². The molecule has 2 rings (SSSR count). The van der Waals surface area contributed by atoms with Crippen molar-refractivity contribution in [2.75, 3.05) is 18.4 Å². The Morgan fingerprint density at radius 3 is 2.88 bits per heavy atom. The van der Waals surface area contributed by atoms with E-state index in [2.05, 4.69) is 15.5 Å². The molecule has 1 aromatic carbocycles. The second-order valence-electron chi connectivity index (χ2n) is 3.62. The summed E-state index contributed by atoms with van der Waals surface area (Å²) in [6, 6.07) is 9.66. The highest BCUT2D eigenvalue weighted by Gasteiger charge is 2.08. The highest BCUT2D eigenvalue weighted by Crippen LogP contribution is 2.23. The number of hydrogen-bond acceptors (Lipinski definition) is 5. The predicted octanol–water partition coefficient (Wildman–Crippen LogP) is 1.26. The van der Waals surface area contributed by atoms with Crippen molar-refractivity contribution in [3.63, 3.8) is 0 Å². The zero-order valence-electron chi connectivity index (χ0n) is 9.35. The number of aromatic nitrogens is 2. The van der Waals surface area contributed by atoms with Crippen molar-refractivity contribution >= 4 is 16.6 Å². The third kappa shape index (κ3) is 2.32. The van der Waals surface area contributed by atoms with Gasteiger partial charge in [-0.3, -0.25) is 0 Å². The fourth-order valence-corrected chi connectivity index (χ4v) is 1.63. The van der Waals surface area contributed by atoms with Crippen LogP contribution in [0.2, 0.25) is 0 Å². The lowest BCUT2D eigenvalue weighted by Gasteiger charge is -2.09. The van der Waals surface area contributed by atoms with Gasteiger partial charge in [-0.15, -0.1) is 10.2 Å². The van der Waals surface area contributed by atoms with Gasteiger partial charge < -0.3 is 11.1 Å². The van der Waals surface area contributed by atoms with Gasteiger partial charge in [-0.2, -0.15) is 5.26 Å². The van der Waals surface area contributed by atoms with Crippen LogP contribution in [0, 0.1) is 11.3 Å². The van der Waals surface area contributed by atoms with Crippen molar-refractivity contribution in [3.05, 3.63) is 30.0 Å². The van der Waals surface area contributed by atoms with Crippen LogP contribution in [0.15, 0.2) is 24.3 Å². The van der Waals surface area contributed by atoms with Crippen molar-refractivity contribution in [2.24, 2.45) is 5.73 Å². The van der Waals surface area contributed by atoms with Gasteiger partial charge in [0, 0.05) is 11.9 Å². The molecule has 86 valence electrons. The molecule has 1 heterocycles. The van der Waals surface area contributed by atoms with Gasteiger partial charge in [0.2, 0.25) is 0 Å². The van der Waals surface area contributed by atoms with Gasteiger partial charge in [-0.05, 0) is 19.0 Å². The summed E-state index contributed by atoms with van der Waals surface area (Å²) in [6.45, 7) is 1.34. The molecule has 0 spiro atoms. The highest BCUT2D eigenvalue weighted by atomic mass is 15.1. The highest BCUT2D eigenvalue weighted by molar-refractivity contribution is 5.92. The number of nitrogens with zero attached hydrogens (tertiary/aromatic N) is 3. The van der Waals surface area contributed by atoms with Crippen LogP contribution in [-0.2, 0) is 0 Å². The smallest absolute Gasteiger partial charge is 0.186 e. The van der Waals surface area contributed by atoms with Crippen LogP contribution in [-0.4, -0.2) is 23.3 Å². The summed E-state index contributed by atoms with van der Waals surface area (Å²) in [5.74, 6) is 0. The molecule has 0 unspecified atom stereocenters. The lowest BCUT2D eigenvalue weighted by atomic mass is 10.1. The molecule has 0 bridgehead atoms. The summed E-state index contributed by atoms with van der Waals surface area (Å²) in [4.78, 5) is 0. The van der Waals surface area contributed by atoms with E-state index in [-0.39, 0.29) is 0 Å². The second kappa shape index (κ2) is 5.23. The van der Waals surface area contributed by atoms with E-state index in [4.69, 9.17) is 11.0 Å². The van der Waals surface area contributed by atoms with E-state index in [1.54, 1.807) is 0 Å². The summed E-state index contributed by atoms with van der Waals surface area (Å²) in [5, 5.41) is 21.0. The minimum absolute atomic E-state index is 0.320. The molecule has 0 aliphatic rings. The lowest BCUT2D eigenvalue weighted by Crippen LogP contribution is -2.10. The summed E-state index contributed by atoms with van der Waals surface area (Å²) in [6.07, 6.45) is 0.849. The van der Waals surface area contributed by atoms with Gasteiger partial charge >= 0.3 is 0 Å². The first kappa shape index (κ1) is 11.3. The maximum absolute atomic E-state index is 9.02. The Morgan fingerprint density at radius 1 is 1.29 bits per heavy atom. The standard InChI is InChI=1S/C12H13N5/c13-6-3-7-15-12-9-4-1-2-5-10(9)16-17-11(12)8-14/h1-2,4-5H,3,6-7,13H2,(H,15,16). The largest absolute Gasteiger partial charge is 0.382 e. The normalized spacial score (nSPS) is 10.1. The molecule has 5 nitrogen and oxygen atoms in total. The lowest BCUT2D eigenvalue weighted by molar-refractivity contribution is 0.872. The number of anilines is 1. The van der Waals surface area contributed by atoms with Gasteiger partial charge in [0.15, 0.2) is 5.69 Å². The monoisotopic (exact) mass is 227 g/mol. The Kier molecular flexibility index (Phi) is 3.48. The second-order valence-corrected chi connectivity index (χ2v) is 3.62.